The number of amides is 1. The molecule has 1 atom stereocenters. The standard InChI is InChI=1S/C22H18ClN3O3S/c1-13(15-4-2-3-5-16(15)23)29-18-8-19(30-20(18)9-21(24)28)17-10-25-22-7-6-14(12-27)11-26(17)22/h2-8,10-13H,9H2,1H3,(H2,24,28). The molecule has 1 aromatic carbocycles. The first-order chi connectivity index (χ1) is 14.5. The smallest absolute Gasteiger partial charge is 0.222 e. The highest BCUT2D eigenvalue weighted by Gasteiger charge is 2.19. The van der Waals surface area contributed by atoms with Crippen LogP contribution in [0.15, 0.2) is 54.9 Å². The molecule has 0 bridgehead atoms. The first kappa shape index (κ1) is 20.1. The summed E-state index contributed by atoms with van der Waals surface area (Å²) < 4.78 is 8.02. The molecule has 6 nitrogen and oxygen atoms in total. The molecule has 0 spiro atoms. The van der Waals surface area contributed by atoms with E-state index in [0.29, 0.717) is 22.0 Å². The summed E-state index contributed by atoms with van der Waals surface area (Å²) in [7, 11) is 0. The number of pyridine rings is 1. The van der Waals surface area contributed by atoms with E-state index < -0.39 is 5.91 Å². The fourth-order valence-corrected chi connectivity index (χ4v) is 4.63. The number of carbonyl (C=O) groups excluding carboxylic acids is 2. The summed E-state index contributed by atoms with van der Waals surface area (Å²) in [6.45, 7) is 1.90. The molecule has 0 aliphatic rings. The van der Waals surface area contributed by atoms with Gasteiger partial charge in [0.25, 0.3) is 0 Å². The number of rotatable bonds is 7. The number of fused-ring (bicyclic) bond motifs is 1. The summed E-state index contributed by atoms with van der Waals surface area (Å²) in [5.41, 5.74) is 8.35. The zero-order valence-electron chi connectivity index (χ0n) is 16.0. The molecule has 0 saturated heterocycles. The number of benzene rings is 1. The molecule has 0 aliphatic carbocycles. The van der Waals surface area contributed by atoms with E-state index >= 15 is 0 Å². The Hall–Kier alpha value is -3.16. The third-order valence-corrected chi connectivity index (χ3v) is 6.15. The third kappa shape index (κ3) is 3.94. The molecule has 0 aliphatic heterocycles. The van der Waals surface area contributed by atoms with Gasteiger partial charge in [-0.2, -0.15) is 0 Å². The Morgan fingerprint density at radius 1 is 1.33 bits per heavy atom. The summed E-state index contributed by atoms with van der Waals surface area (Å²) in [5.74, 6) is 0.128. The van der Waals surface area contributed by atoms with Crippen LogP contribution in [0.2, 0.25) is 5.02 Å². The predicted molar refractivity (Wildman–Crippen MR) is 117 cm³/mol. The van der Waals surface area contributed by atoms with Crippen molar-refractivity contribution in [3.8, 4) is 16.3 Å². The molecule has 0 fully saturated rings. The van der Waals surface area contributed by atoms with E-state index in [0.717, 1.165) is 27.3 Å². The number of aldehydes is 1. The zero-order chi connectivity index (χ0) is 21.3. The van der Waals surface area contributed by atoms with E-state index in [4.69, 9.17) is 22.1 Å². The van der Waals surface area contributed by atoms with Crippen molar-refractivity contribution in [3.63, 3.8) is 0 Å². The van der Waals surface area contributed by atoms with E-state index in [1.54, 1.807) is 24.5 Å². The number of halogens is 1. The Morgan fingerprint density at radius 3 is 2.87 bits per heavy atom. The number of thiophene rings is 1. The van der Waals surface area contributed by atoms with E-state index in [2.05, 4.69) is 4.98 Å². The van der Waals surface area contributed by atoms with Crippen molar-refractivity contribution in [1.29, 1.82) is 0 Å². The second kappa shape index (κ2) is 8.30. The van der Waals surface area contributed by atoms with Gasteiger partial charge in [-0.05, 0) is 25.1 Å². The van der Waals surface area contributed by atoms with Crippen molar-refractivity contribution >= 4 is 40.8 Å². The number of nitrogens with two attached hydrogens (primary N) is 1. The van der Waals surface area contributed by atoms with Crippen LogP contribution in [-0.4, -0.2) is 21.6 Å². The first-order valence-corrected chi connectivity index (χ1v) is 10.4. The number of aromatic nitrogens is 2. The molecule has 1 amide bonds. The fourth-order valence-electron chi connectivity index (χ4n) is 3.23. The van der Waals surface area contributed by atoms with Crippen LogP contribution in [0.3, 0.4) is 0 Å². The molecular formula is C22H18ClN3O3S. The molecule has 30 heavy (non-hydrogen) atoms. The second-order valence-electron chi connectivity index (χ2n) is 6.77. The van der Waals surface area contributed by atoms with E-state index in [1.165, 1.54) is 11.3 Å². The van der Waals surface area contributed by atoms with Crippen molar-refractivity contribution in [2.45, 2.75) is 19.4 Å². The number of primary amides is 1. The largest absolute Gasteiger partial charge is 0.485 e. The van der Waals surface area contributed by atoms with Crippen LogP contribution in [0, 0.1) is 0 Å². The molecule has 2 N–H and O–H groups in total. The third-order valence-electron chi connectivity index (χ3n) is 4.67. The topological polar surface area (TPSA) is 86.7 Å². The van der Waals surface area contributed by atoms with Gasteiger partial charge in [-0.15, -0.1) is 11.3 Å². The van der Waals surface area contributed by atoms with Crippen LogP contribution in [0.5, 0.6) is 5.75 Å². The van der Waals surface area contributed by atoms with Crippen molar-refractivity contribution in [3.05, 3.63) is 75.9 Å². The van der Waals surface area contributed by atoms with Gasteiger partial charge in [0.05, 0.1) is 28.1 Å². The van der Waals surface area contributed by atoms with Crippen molar-refractivity contribution < 1.29 is 14.3 Å². The molecule has 4 aromatic rings. The van der Waals surface area contributed by atoms with Crippen LogP contribution in [0.1, 0.15) is 33.8 Å². The molecule has 3 heterocycles. The minimum absolute atomic E-state index is 0.0611. The number of imidazole rings is 1. The maximum Gasteiger partial charge on any atom is 0.222 e. The molecule has 152 valence electrons. The van der Waals surface area contributed by atoms with Crippen LogP contribution < -0.4 is 10.5 Å². The van der Waals surface area contributed by atoms with Crippen LogP contribution in [-0.2, 0) is 11.2 Å². The lowest BCUT2D eigenvalue weighted by molar-refractivity contribution is -0.117. The first-order valence-electron chi connectivity index (χ1n) is 9.21. The highest BCUT2D eigenvalue weighted by molar-refractivity contribution is 7.15. The fraction of sp³-hybridized carbons (Fsp3) is 0.136. The van der Waals surface area contributed by atoms with Crippen molar-refractivity contribution in [2.24, 2.45) is 5.73 Å². The van der Waals surface area contributed by atoms with Gasteiger partial charge in [0.15, 0.2) is 6.29 Å². The van der Waals surface area contributed by atoms with Gasteiger partial charge in [0, 0.05) is 28.4 Å². The summed E-state index contributed by atoms with van der Waals surface area (Å²) in [6, 6.07) is 12.8. The monoisotopic (exact) mass is 439 g/mol. The molecule has 1 unspecified atom stereocenters. The summed E-state index contributed by atoms with van der Waals surface area (Å²) in [4.78, 5) is 28.8. The molecule has 0 saturated carbocycles. The van der Waals surface area contributed by atoms with Gasteiger partial charge >= 0.3 is 0 Å². The molecule has 8 heteroatoms. The second-order valence-corrected chi connectivity index (χ2v) is 8.32. The van der Waals surface area contributed by atoms with Gasteiger partial charge in [0.2, 0.25) is 5.91 Å². The maximum atomic E-state index is 11.6. The highest BCUT2D eigenvalue weighted by atomic mass is 35.5. The number of nitrogens with zero attached hydrogens (tertiary/aromatic N) is 2. The van der Waals surface area contributed by atoms with Crippen molar-refractivity contribution in [1.82, 2.24) is 9.38 Å². The summed E-state index contributed by atoms with van der Waals surface area (Å²) in [6.07, 6.45) is 3.98. The van der Waals surface area contributed by atoms with Gasteiger partial charge in [0.1, 0.15) is 17.5 Å². The van der Waals surface area contributed by atoms with Crippen LogP contribution in [0.25, 0.3) is 16.2 Å². The van der Waals surface area contributed by atoms with E-state index in [1.807, 2.05) is 41.7 Å². The Morgan fingerprint density at radius 2 is 2.13 bits per heavy atom. The zero-order valence-corrected chi connectivity index (χ0v) is 17.6. The Balaban J connectivity index is 1.74. The van der Waals surface area contributed by atoms with Crippen LogP contribution >= 0.6 is 22.9 Å². The highest BCUT2D eigenvalue weighted by Crippen LogP contribution is 2.39. The molecule has 4 rings (SSSR count). The number of hydrogen-bond donors (Lipinski definition) is 1. The SMILES string of the molecule is CC(Oc1cc(-c2cnc3ccc(C=O)cn23)sc1CC(N)=O)c1ccccc1Cl. The Bertz CT molecular complexity index is 1250. The van der Waals surface area contributed by atoms with Gasteiger partial charge in [-0.25, -0.2) is 4.98 Å². The number of ether oxygens (including phenoxy) is 1. The minimum atomic E-state index is -0.444. The average Bonchev–Trinajstić information content (AvgIpc) is 3.31. The lowest BCUT2D eigenvalue weighted by Crippen LogP contribution is -2.13. The normalized spacial score (nSPS) is 12.1. The van der Waals surface area contributed by atoms with E-state index in [-0.39, 0.29) is 12.5 Å². The minimum Gasteiger partial charge on any atom is -0.485 e. The quantitative estimate of drug-likeness (QED) is 0.423. The lowest BCUT2D eigenvalue weighted by Gasteiger charge is -2.16. The molecule has 3 aromatic heterocycles. The average molecular weight is 440 g/mol. The van der Waals surface area contributed by atoms with Gasteiger partial charge in [-0.3, -0.25) is 14.0 Å². The van der Waals surface area contributed by atoms with E-state index in [9.17, 15) is 9.59 Å². The molecule has 0 radical (unpaired) electrons. The van der Waals surface area contributed by atoms with Crippen LogP contribution in [0.4, 0.5) is 0 Å². The summed E-state index contributed by atoms with van der Waals surface area (Å²) >= 11 is 7.71. The Labute approximate surface area is 181 Å². The Kier molecular flexibility index (Phi) is 5.57. The van der Waals surface area contributed by atoms with Crippen molar-refractivity contribution in [2.75, 3.05) is 0 Å². The number of carbonyl (C=O) groups is 2. The lowest BCUT2D eigenvalue weighted by atomic mass is 10.1. The maximum absolute atomic E-state index is 11.6. The van der Waals surface area contributed by atoms with Gasteiger partial charge < -0.3 is 10.5 Å². The number of hydrogen-bond acceptors (Lipinski definition) is 5. The van der Waals surface area contributed by atoms with Gasteiger partial charge in [-0.1, -0.05) is 29.8 Å². The predicted octanol–water partition coefficient (Wildman–Crippen LogP) is 4.70. The molecular weight excluding hydrogens is 422 g/mol. The summed E-state index contributed by atoms with van der Waals surface area (Å²) in [5, 5.41) is 0.611.